The maximum absolute atomic E-state index is 12.8. The van der Waals surface area contributed by atoms with Gasteiger partial charge in [0.1, 0.15) is 0 Å². The van der Waals surface area contributed by atoms with Crippen LogP contribution in [0.2, 0.25) is 0 Å². The Bertz CT molecular complexity index is 738. The second-order valence-corrected chi connectivity index (χ2v) is 6.70. The van der Waals surface area contributed by atoms with Gasteiger partial charge in [0.25, 0.3) is 0 Å². The van der Waals surface area contributed by atoms with E-state index in [1.54, 1.807) is 30.3 Å². The normalized spacial score (nSPS) is 12.0. The SMILES string of the molecule is COP(=O)(OC)/C(=C/c1ccc(C#N)cc1)c1ccccc1. The van der Waals surface area contributed by atoms with E-state index in [0.29, 0.717) is 10.9 Å². The number of benzene rings is 2. The summed E-state index contributed by atoms with van der Waals surface area (Å²) in [6.45, 7) is 0. The molecule has 0 atom stereocenters. The highest BCUT2D eigenvalue weighted by atomic mass is 31.2. The van der Waals surface area contributed by atoms with Crippen molar-refractivity contribution in [1.82, 2.24) is 0 Å². The summed E-state index contributed by atoms with van der Waals surface area (Å²) in [6, 6.07) is 18.4. The Morgan fingerprint density at radius 2 is 1.64 bits per heavy atom. The van der Waals surface area contributed by atoms with Crippen molar-refractivity contribution in [3.8, 4) is 6.07 Å². The second-order valence-electron chi connectivity index (χ2n) is 4.49. The Morgan fingerprint density at radius 1 is 1.05 bits per heavy atom. The zero-order chi connectivity index (χ0) is 16.0. The lowest BCUT2D eigenvalue weighted by molar-refractivity contribution is 0.288. The van der Waals surface area contributed by atoms with Crippen LogP contribution < -0.4 is 0 Å². The van der Waals surface area contributed by atoms with Gasteiger partial charge >= 0.3 is 7.60 Å². The molecular formula is C17H16NO3P. The van der Waals surface area contributed by atoms with Crippen LogP contribution in [-0.4, -0.2) is 14.2 Å². The summed E-state index contributed by atoms with van der Waals surface area (Å²) in [5, 5.41) is 9.32. The fraction of sp³-hybridized carbons (Fsp3) is 0.118. The standard InChI is InChI=1S/C17H16NO3P/c1-20-22(19,21-2)17(16-6-4-3-5-7-16)12-14-8-10-15(13-18)11-9-14/h3-12H,1-2H3/b17-12+. The van der Waals surface area contributed by atoms with Gasteiger partial charge < -0.3 is 9.05 Å². The van der Waals surface area contributed by atoms with Crippen LogP contribution in [-0.2, 0) is 13.6 Å². The lowest BCUT2D eigenvalue weighted by Crippen LogP contribution is -1.93. The van der Waals surface area contributed by atoms with Gasteiger partial charge in [0.15, 0.2) is 0 Å². The van der Waals surface area contributed by atoms with Gasteiger partial charge in [-0.2, -0.15) is 5.26 Å². The fourth-order valence-electron chi connectivity index (χ4n) is 2.01. The van der Waals surface area contributed by atoms with Gasteiger partial charge in [0.05, 0.1) is 16.9 Å². The van der Waals surface area contributed by atoms with E-state index in [-0.39, 0.29) is 0 Å². The largest absolute Gasteiger partial charge is 0.361 e. The van der Waals surface area contributed by atoms with Crippen LogP contribution >= 0.6 is 7.60 Å². The van der Waals surface area contributed by atoms with Crippen LogP contribution in [0.1, 0.15) is 16.7 Å². The van der Waals surface area contributed by atoms with Crippen molar-refractivity contribution in [1.29, 1.82) is 5.26 Å². The van der Waals surface area contributed by atoms with Gasteiger partial charge in [-0.05, 0) is 29.3 Å². The molecule has 2 aromatic carbocycles. The van der Waals surface area contributed by atoms with E-state index in [1.807, 2.05) is 30.3 Å². The van der Waals surface area contributed by atoms with Gasteiger partial charge in [-0.25, -0.2) is 0 Å². The minimum Gasteiger partial charge on any atom is -0.309 e. The molecule has 0 aromatic heterocycles. The first-order valence-corrected chi connectivity index (χ1v) is 8.16. The molecule has 22 heavy (non-hydrogen) atoms. The molecule has 0 aliphatic heterocycles. The number of nitrogens with zero attached hydrogens (tertiary/aromatic N) is 1. The number of hydrogen-bond acceptors (Lipinski definition) is 4. The molecule has 0 aliphatic rings. The Hall–Kier alpha value is -2.18. The molecule has 0 fully saturated rings. The predicted molar refractivity (Wildman–Crippen MR) is 87.1 cm³/mol. The molecule has 0 saturated heterocycles. The van der Waals surface area contributed by atoms with Crippen molar-refractivity contribution in [2.45, 2.75) is 0 Å². The monoisotopic (exact) mass is 313 g/mol. The summed E-state index contributed by atoms with van der Waals surface area (Å²) >= 11 is 0. The van der Waals surface area contributed by atoms with Gasteiger partial charge in [-0.1, -0.05) is 42.5 Å². The lowest BCUT2D eigenvalue weighted by Gasteiger charge is -2.17. The zero-order valence-electron chi connectivity index (χ0n) is 12.4. The van der Waals surface area contributed by atoms with Gasteiger partial charge in [-0.15, -0.1) is 0 Å². The minimum absolute atomic E-state index is 0.475. The van der Waals surface area contributed by atoms with E-state index in [9.17, 15) is 4.57 Å². The lowest BCUT2D eigenvalue weighted by atomic mass is 10.1. The van der Waals surface area contributed by atoms with Crippen molar-refractivity contribution in [2.75, 3.05) is 14.2 Å². The van der Waals surface area contributed by atoms with Gasteiger partial charge in [0, 0.05) is 14.2 Å². The summed E-state index contributed by atoms with van der Waals surface area (Å²) in [5.74, 6) is 0. The molecule has 5 heteroatoms. The molecule has 0 amide bonds. The molecule has 4 nitrogen and oxygen atoms in total. The number of hydrogen-bond donors (Lipinski definition) is 0. The molecule has 112 valence electrons. The Morgan fingerprint density at radius 3 is 2.14 bits per heavy atom. The smallest absolute Gasteiger partial charge is 0.309 e. The van der Waals surface area contributed by atoms with E-state index in [4.69, 9.17) is 14.3 Å². The van der Waals surface area contributed by atoms with Crippen LogP contribution in [0.4, 0.5) is 0 Å². The van der Waals surface area contributed by atoms with Gasteiger partial charge in [-0.3, -0.25) is 4.57 Å². The minimum atomic E-state index is -3.40. The van der Waals surface area contributed by atoms with E-state index >= 15 is 0 Å². The molecule has 0 radical (unpaired) electrons. The molecule has 0 spiro atoms. The van der Waals surface area contributed by atoms with Crippen LogP contribution in [0, 0.1) is 11.3 Å². The predicted octanol–water partition coefficient (Wildman–Crippen LogP) is 4.54. The topological polar surface area (TPSA) is 59.3 Å². The average molecular weight is 313 g/mol. The van der Waals surface area contributed by atoms with Crippen LogP contribution in [0.25, 0.3) is 11.4 Å². The Kier molecular flexibility index (Phi) is 5.30. The van der Waals surface area contributed by atoms with Crippen LogP contribution in [0.3, 0.4) is 0 Å². The second kappa shape index (κ2) is 7.20. The van der Waals surface area contributed by atoms with Crippen molar-refractivity contribution in [3.05, 3.63) is 71.3 Å². The van der Waals surface area contributed by atoms with Crippen molar-refractivity contribution in [3.63, 3.8) is 0 Å². The van der Waals surface area contributed by atoms with E-state index in [1.165, 1.54) is 14.2 Å². The third-order valence-electron chi connectivity index (χ3n) is 3.19. The summed E-state index contributed by atoms with van der Waals surface area (Å²) in [7, 11) is -0.679. The highest BCUT2D eigenvalue weighted by molar-refractivity contribution is 7.65. The van der Waals surface area contributed by atoms with E-state index in [0.717, 1.165) is 11.1 Å². The molecule has 0 saturated carbocycles. The molecule has 0 unspecified atom stereocenters. The Labute approximate surface area is 130 Å². The quantitative estimate of drug-likeness (QED) is 0.600. The van der Waals surface area contributed by atoms with Crippen molar-refractivity contribution in [2.24, 2.45) is 0 Å². The first-order chi connectivity index (χ1) is 10.6. The fourth-order valence-corrected chi connectivity index (χ4v) is 3.33. The number of nitriles is 1. The molecule has 2 rings (SSSR count). The summed E-state index contributed by atoms with van der Waals surface area (Å²) in [4.78, 5) is 0. The maximum Gasteiger partial charge on any atom is 0.361 e. The first-order valence-electron chi connectivity index (χ1n) is 6.62. The zero-order valence-corrected chi connectivity index (χ0v) is 13.3. The van der Waals surface area contributed by atoms with Gasteiger partial charge in [0.2, 0.25) is 0 Å². The highest BCUT2D eigenvalue weighted by Gasteiger charge is 2.28. The molecule has 2 aromatic rings. The third-order valence-corrected chi connectivity index (χ3v) is 5.13. The maximum atomic E-state index is 12.8. The Balaban J connectivity index is 2.55. The molecule has 0 aliphatic carbocycles. The summed E-state index contributed by atoms with van der Waals surface area (Å²) < 4.78 is 23.1. The summed E-state index contributed by atoms with van der Waals surface area (Å²) in [5.41, 5.74) is 2.14. The van der Waals surface area contributed by atoms with Crippen molar-refractivity contribution < 1.29 is 13.6 Å². The van der Waals surface area contributed by atoms with E-state index < -0.39 is 7.60 Å². The molecular weight excluding hydrogens is 297 g/mol. The van der Waals surface area contributed by atoms with Crippen molar-refractivity contribution >= 4 is 19.0 Å². The van der Waals surface area contributed by atoms with E-state index in [2.05, 4.69) is 6.07 Å². The number of rotatable bonds is 5. The molecule has 0 N–H and O–H groups in total. The highest BCUT2D eigenvalue weighted by Crippen LogP contribution is 2.59. The third kappa shape index (κ3) is 3.52. The molecule has 0 bridgehead atoms. The van der Waals surface area contributed by atoms with Crippen LogP contribution in [0.5, 0.6) is 0 Å². The first kappa shape index (κ1) is 16.2. The molecule has 0 heterocycles. The van der Waals surface area contributed by atoms with Crippen LogP contribution in [0.15, 0.2) is 54.6 Å². The summed E-state index contributed by atoms with van der Waals surface area (Å²) in [6.07, 6.45) is 1.75. The average Bonchev–Trinajstić information content (AvgIpc) is 2.60.